The van der Waals surface area contributed by atoms with E-state index in [-0.39, 0.29) is 17.2 Å². The Bertz CT molecular complexity index is 815. The molecule has 8 nitrogen and oxygen atoms in total. The van der Waals surface area contributed by atoms with Gasteiger partial charge in [0.05, 0.1) is 16.7 Å². The van der Waals surface area contributed by atoms with Gasteiger partial charge < -0.3 is 15.3 Å². The summed E-state index contributed by atoms with van der Waals surface area (Å²) in [7, 11) is 1.60. The van der Waals surface area contributed by atoms with Crippen LogP contribution in [0.3, 0.4) is 0 Å². The highest BCUT2D eigenvalue weighted by atomic mass is 16.3. The first-order chi connectivity index (χ1) is 13.6. The predicted molar refractivity (Wildman–Crippen MR) is 114 cm³/mol. The van der Waals surface area contributed by atoms with Crippen LogP contribution in [-0.2, 0) is 4.79 Å². The van der Waals surface area contributed by atoms with E-state index >= 15 is 0 Å². The lowest BCUT2D eigenvalue weighted by Crippen LogP contribution is -2.36. The summed E-state index contributed by atoms with van der Waals surface area (Å²) in [6.07, 6.45) is 2.05. The summed E-state index contributed by atoms with van der Waals surface area (Å²) in [6.45, 7) is 9.95. The number of pyridine rings is 1. The first kappa shape index (κ1) is 21.2. The van der Waals surface area contributed by atoms with Crippen molar-refractivity contribution < 1.29 is 9.90 Å². The molecule has 1 aliphatic heterocycles. The third-order valence-electron chi connectivity index (χ3n) is 5.50. The molecule has 1 aromatic rings. The lowest BCUT2D eigenvalue weighted by Gasteiger charge is -2.22. The van der Waals surface area contributed by atoms with Crippen LogP contribution in [0.25, 0.3) is 5.57 Å². The predicted octanol–water partition coefficient (Wildman–Crippen LogP) is 2.90. The number of anilines is 2. The molecule has 0 radical (unpaired) electrons. The minimum Gasteiger partial charge on any atom is -0.384 e. The van der Waals surface area contributed by atoms with E-state index in [1.807, 2.05) is 12.1 Å². The topological polar surface area (TPSA) is 98.1 Å². The Morgan fingerprint density at radius 1 is 1.41 bits per heavy atom. The number of carbonyl (C=O) groups excluding carboxylic acids is 1. The molecule has 0 saturated carbocycles. The Hall–Kier alpha value is -2.48. The monoisotopic (exact) mass is 401 g/mol. The summed E-state index contributed by atoms with van der Waals surface area (Å²) in [5, 5.41) is 17.2. The van der Waals surface area contributed by atoms with Crippen molar-refractivity contribution in [2.45, 2.75) is 40.2 Å². The summed E-state index contributed by atoms with van der Waals surface area (Å²) in [6, 6.07) is 3.92. The van der Waals surface area contributed by atoms with E-state index in [4.69, 9.17) is 4.98 Å². The van der Waals surface area contributed by atoms with Crippen LogP contribution >= 0.6 is 0 Å². The lowest BCUT2D eigenvalue weighted by molar-refractivity contribution is -0.138. The first-order valence-corrected chi connectivity index (χ1v) is 10.1. The number of aromatic nitrogens is 1. The van der Waals surface area contributed by atoms with Gasteiger partial charge in [-0.2, -0.15) is 0 Å². The number of nitrogens with zero attached hydrogens (tertiary/aromatic N) is 4. The highest BCUT2D eigenvalue weighted by Gasteiger charge is 2.39. The van der Waals surface area contributed by atoms with Crippen molar-refractivity contribution in [3.05, 3.63) is 28.8 Å². The number of nitroso groups, excluding NO2 is 1. The van der Waals surface area contributed by atoms with Crippen LogP contribution in [0.4, 0.5) is 11.5 Å². The van der Waals surface area contributed by atoms with Crippen molar-refractivity contribution >= 4 is 23.0 Å². The number of hydrogen-bond acceptors (Lipinski definition) is 6. The second-order valence-electron chi connectivity index (χ2n) is 9.33. The molecule has 2 aliphatic rings. The van der Waals surface area contributed by atoms with Crippen molar-refractivity contribution in [3.8, 4) is 0 Å². The number of fused-ring (bicyclic) bond motifs is 1. The minimum absolute atomic E-state index is 0.0872. The highest BCUT2D eigenvalue weighted by molar-refractivity contribution is 5.81. The number of nitrogens with one attached hydrogen (secondary N) is 1. The fourth-order valence-corrected chi connectivity index (χ4v) is 3.96. The molecule has 29 heavy (non-hydrogen) atoms. The second kappa shape index (κ2) is 8.10. The number of allylic oxidation sites excluding steroid dienone is 1. The standard InChI is InChI=1S/C21H31N5O3/c1-13(27)20(28)26-10-15-8-14(9-16(15)11-26)17-6-7-18(22-12-21(2,3)4)19(23-17)25(5)24-29/h6-8,13,15-16,22,27H,9-12H2,1-5H3/t13-,15?,16?/m0/s1. The highest BCUT2D eigenvalue weighted by Crippen LogP contribution is 2.41. The maximum Gasteiger partial charge on any atom is 0.251 e. The molecule has 0 spiro atoms. The molecule has 3 atom stereocenters. The average Bonchev–Trinajstić information content (AvgIpc) is 3.23. The zero-order valence-corrected chi connectivity index (χ0v) is 17.8. The van der Waals surface area contributed by atoms with Crippen LogP contribution in [0, 0.1) is 22.2 Å². The number of aliphatic hydroxyl groups excluding tert-OH is 1. The summed E-state index contributed by atoms with van der Waals surface area (Å²) >= 11 is 0. The summed E-state index contributed by atoms with van der Waals surface area (Å²) in [4.78, 5) is 29.6. The van der Waals surface area contributed by atoms with Crippen molar-refractivity contribution in [2.75, 3.05) is 37.0 Å². The van der Waals surface area contributed by atoms with Gasteiger partial charge in [0.1, 0.15) is 6.10 Å². The molecule has 1 amide bonds. The Morgan fingerprint density at radius 3 is 2.72 bits per heavy atom. The average molecular weight is 402 g/mol. The molecular weight excluding hydrogens is 370 g/mol. The fraction of sp³-hybridized carbons (Fsp3) is 0.619. The van der Waals surface area contributed by atoms with E-state index in [9.17, 15) is 14.8 Å². The van der Waals surface area contributed by atoms with Gasteiger partial charge in [-0.15, -0.1) is 4.91 Å². The maximum absolute atomic E-state index is 12.0. The van der Waals surface area contributed by atoms with Crippen molar-refractivity contribution in [1.82, 2.24) is 9.88 Å². The third-order valence-corrected chi connectivity index (χ3v) is 5.50. The molecule has 2 N–H and O–H groups in total. The zero-order valence-electron chi connectivity index (χ0n) is 17.8. The molecule has 8 heteroatoms. The molecule has 2 heterocycles. The fourth-order valence-electron chi connectivity index (χ4n) is 3.96. The summed E-state index contributed by atoms with van der Waals surface area (Å²) < 4.78 is 0. The van der Waals surface area contributed by atoms with Crippen LogP contribution in [0.2, 0.25) is 0 Å². The van der Waals surface area contributed by atoms with Gasteiger partial charge in [0.15, 0.2) is 5.82 Å². The maximum atomic E-state index is 12.0. The quantitative estimate of drug-likeness (QED) is 0.562. The number of amides is 1. The van der Waals surface area contributed by atoms with E-state index < -0.39 is 6.10 Å². The van der Waals surface area contributed by atoms with Gasteiger partial charge in [0, 0.05) is 26.7 Å². The normalized spacial score (nSPS) is 22.1. The van der Waals surface area contributed by atoms with E-state index in [1.54, 1.807) is 11.9 Å². The van der Waals surface area contributed by atoms with Gasteiger partial charge in [0.25, 0.3) is 5.91 Å². The van der Waals surface area contributed by atoms with Gasteiger partial charge in [-0.05, 0) is 48.3 Å². The molecule has 2 unspecified atom stereocenters. The Balaban J connectivity index is 1.79. The third kappa shape index (κ3) is 4.75. The zero-order chi connectivity index (χ0) is 21.3. The van der Waals surface area contributed by atoms with Crippen LogP contribution in [0.15, 0.2) is 23.5 Å². The Kier molecular flexibility index (Phi) is 5.93. The molecular formula is C21H31N5O3. The Labute approximate surface area is 171 Å². The SMILES string of the molecule is C[C@H](O)C(=O)N1CC2C=C(c3ccc(NCC(C)(C)C)c(N(C)N=O)n3)CC2C1. The van der Waals surface area contributed by atoms with Crippen molar-refractivity contribution in [1.29, 1.82) is 0 Å². The minimum atomic E-state index is -0.957. The molecule has 3 rings (SSSR count). The van der Waals surface area contributed by atoms with Gasteiger partial charge in [-0.1, -0.05) is 26.8 Å². The van der Waals surface area contributed by atoms with Crippen molar-refractivity contribution in [3.63, 3.8) is 0 Å². The van der Waals surface area contributed by atoms with Crippen LogP contribution < -0.4 is 10.3 Å². The van der Waals surface area contributed by atoms with Gasteiger partial charge in [-0.25, -0.2) is 9.99 Å². The summed E-state index contributed by atoms with van der Waals surface area (Å²) in [5.74, 6) is 0.922. The molecule has 1 aromatic heterocycles. The number of likely N-dealkylation sites (tertiary alicyclic amines) is 1. The molecule has 1 aliphatic carbocycles. The van der Waals surface area contributed by atoms with E-state index in [2.05, 4.69) is 37.4 Å². The largest absolute Gasteiger partial charge is 0.384 e. The van der Waals surface area contributed by atoms with Crippen LogP contribution in [0.1, 0.15) is 39.8 Å². The van der Waals surface area contributed by atoms with Crippen molar-refractivity contribution in [2.24, 2.45) is 22.5 Å². The van der Waals surface area contributed by atoms with Crippen LogP contribution in [-0.4, -0.2) is 53.7 Å². The van der Waals surface area contributed by atoms with E-state index in [0.29, 0.717) is 24.8 Å². The lowest BCUT2D eigenvalue weighted by atomic mass is 9.97. The second-order valence-corrected chi connectivity index (χ2v) is 9.33. The molecule has 0 aromatic carbocycles. The van der Waals surface area contributed by atoms with E-state index in [1.165, 1.54) is 11.9 Å². The van der Waals surface area contributed by atoms with Gasteiger partial charge >= 0.3 is 0 Å². The molecule has 0 bridgehead atoms. The summed E-state index contributed by atoms with van der Waals surface area (Å²) in [5.41, 5.74) is 2.83. The van der Waals surface area contributed by atoms with Gasteiger partial charge in [0.2, 0.25) is 0 Å². The van der Waals surface area contributed by atoms with Gasteiger partial charge in [-0.3, -0.25) is 4.79 Å². The first-order valence-electron chi connectivity index (χ1n) is 10.1. The number of rotatable bonds is 6. The molecule has 1 fully saturated rings. The smallest absolute Gasteiger partial charge is 0.251 e. The number of hydrogen-bond donors (Lipinski definition) is 2. The Morgan fingerprint density at radius 2 is 2.14 bits per heavy atom. The number of carbonyl (C=O) groups is 1. The van der Waals surface area contributed by atoms with E-state index in [0.717, 1.165) is 29.9 Å². The molecule has 1 saturated heterocycles. The number of aliphatic hydroxyl groups is 1. The van der Waals surface area contributed by atoms with Crippen LogP contribution in [0.5, 0.6) is 0 Å². The molecule has 158 valence electrons.